The van der Waals surface area contributed by atoms with E-state index in [2.05, 4.69) is 15.9 Å². The highest BCUT2D eigenvalue weighted by Gasteiger charge is 2.33. The molecule has 1 aromatic carbocycles. The van der Waals surface area contributed by atoms with E-state index >= 15 is 0 Å². The van der Waals surface area contributed by atoms with Gasteiger partial charge in [-0.15, -0.1) is 0 Å². The number of fused-ring (bicyclic) bond motifs is 1. The maximum atomic E-state index is 14.2. The van der Waals surface area contributed by atoms with Gasteiger partial charge in [0, 0.05) is 9.64 Å². The fourth-order valence-electron chi connectivity index (χ4n) is 2.42. The molecule has 7 nitrogen and oxygen atoms in total. The summed E-state index contributed by atoms with van der Waals surface area (Å²) in [6, 6.07) is 4.00. The number of imide groups is 1. The van der Waals surface area contributed by atoms with Crippen LogP contribution >= 0.6 is 38.5 Å². The summed E-state index contributed by atoms with van der Waals surface area (Å²) in [6.45, 7) is 0. The molecule has 0 radical (unpaired) electrons. The van der Waals surface area contributed by atoms with Gasteiger partial charge in [-0.2, -0.15) is 5.26 Å². The number of nitriles is 1. The molecule has 0 saturated carbocycles. The van der Waals surface area contributed by atoms with Gasteiger partial charge in [-0.05, 0) is 44.6 Å². The Kier molecular flexibility index (Phi) is 3.92. The molecule has 3 N–H and O–H groups in total. The molecule has 1 aromatic heterocycles. The first-order chi connectivity index (χ1) is 11.3. The van der Waals surface area contributed by atoms with Crippen molar-refractivity contribution in [2.24, 2.45) is 0 Å². The second kappa shape index (κ2) is 5.67. The fourth-order valence-corrected chi connectivity index (χ4v) is 4.09. The average Bonchev–Trinajstić information content (AvgIpc) is 2.79. The lowest BCUT2D eigenvalue weighted by atomic mass is 10.1. The number of pyridine rings is 1. The first kappa shape index (κ1) is 16.6. The molecule has 3 rings (SSSR count). The van der Waals surface area contributed by atoms with E-state index in [4.69, 9.17) is 5.73 Å². The van der Waals surface area contributed by atoms with Crippen molar-refractivity contribution >= 4 is 56.2 Å². The number of carbonyl (C=O) groups excluding carboxylic acids is 2. The third-order valence-corrected chi connectivity index (χ3v) is 4.83. The molecule has 10 heteroatoms. The summed E-state index contributed by atoms with van der Waals surface area (Å²) in [7, 11) is 0. The Balaban J connectivity index is 2.47. The number of aromatic nitrogens is 1. The summed E-state index contributed by atoms with van der Waals surface area (Å²) < 4.78 is 15.5. The maximum Gasteiger partial charge on any atom is 0.262 e. The minimum Gasteiger partial charge on any atom is -0.384 e. The van der Waals surface area contributed by atoms with Crippen LogP contribution in [0.2, 0.25) is 0 Å². The Morgan fingerprint density at radius 2 is 1.96 bits per heavy atom. The predicted molar refractivity (Wildman–Crippen MR) is 93.3 cm³/mol. The molecule has 0 atom stereocenters. The Morgan fingerprint density at radius 1 is 1.29 bits per heavy atom. The first-order valence-electron chi connectivity index (χ1n) is 6.27. The number of nitrogens with zero attached hydrogens (tertiary/aromatic N) is 2. The normalized spacial score (nSPS) is 12.8. The summed E-state index contributed by atoms with van der Waals surface area (Å²) >= 11 is 4.81. The number of nitrogen functional groups attached to an aromatic ring is 1. The zero-order valence-electron chi connectivity index (χ0n) is 11.5. The third-order valence-electron chi connectivity index (χ3n) is 3.43. The second-order valence-corrected chi connectivity index (χ2v) is 6.78. The van der Waals surface area contributed by atoms with Crippen LogP contribution in [0.4, 0.5) is 10.2 Å². The summed E-state index contributed by atoms with van der Waals surface area (Å²) in [4.78, 5) is 36.0. The van der Waals surface area contributed by atoms with Crippen molar-refractivity contribution in [1.82, 2.24) is 9.88 Å². The van der Waals surface area contributed by atoms with Gasteiger partial charge in [-0.3, -0.25) is 24.3 Å². The summed E-state index contributed by atoms with van der Waals surface area (Å²) in [5.74, 6) is -2.69. The SMILES string of the molecule is N#Cc1c(F)c(Br)cc(I)c1-n1c(N)c2c(cc1=O)C(=O)NC2=O. The van der Waals surface area contributed by atoms with Crippen LogP contribution in [0.25, 0.3) is 5.69 Å². The van der Waals surface area contributed by atoms with Gasteiger partial charge in [-0.1, -0.05) is 0 Å². The highest BCUT2D eigenvalue weighted by atomic mass is 127. The Morgan fingerprint density at radius 3 is 2.58 bits per heavy atom. The van der Waals surface area contributed by atoms with Crippen LogP contribution in [0.5, 0.6) is 0 Å². The Labute approximate surface area is 155 Å². The van der Waals surface area contributed by atoms with E-state index < -0.39 is 28.8 Å². The molecule has 1 aliphatic heterocycles. The Hall–Kier alpha value is -2.26. The number of anilines is 1. The zero-order chi connectivity index (χ0) is 17.8. The number of halogens is 3. The number of hydrogen-bond acceptors (Lipinski definition) is 5. The average molecular weight is 503 g/mol. The van der Waals surface area contributed by atoms with Crippen molar-refractivity contribution in [1.29, 1.82) is 5.26 Å². The molecule has 0 spiro atoms. The largest absolute Gasteiger partial charge is 0.384 e. The molecule has 2 amide bonds. The molecule has 1 aliphatic rings. The van der Waals surface area contributed by atoms with Gasteiger partial charge in [0.15, 0.2) is 5.82 Å². The van der Waals surface area contributed by atoms with Crippen LogP contribution in [0, 0.1) is 20.7 Å². The van der Waals surface area contributed by atoms with Crippen LogP contribution in [-0.4, -0.2) is 16.4 Å². The van der Waals surface area contributed by atoms with E-state index in [0.717, 1.165) is 10.6 Å². The van der Waals surface area contributed by atoms with E-state index in [1.165, 1.54) is 6.07 Å². The number of nitrogens with two attached hydrogens (primary N) is 1. The summed E-state index contributed by atoms with van der Waals surface area (Å²) in [5.41, 5.74) is 4.32. The van der Waals surface area contributed by atoms with Crippen LogP contribution in [0.15, 0.2) is 21.4 Å². The molecule has 24 heavy (non-hydrogen) atoms. The van der Waals surface area contributed by atoms with Gasteiger partial charge < -0.3 is 5.73 Å². The van der Waals surface area contributed by atoms with Gasteiger partial charge in [0.05, 0.1) is 21.3 Å². The molecule has 0 fully saturated rings. The second-order valence-electron chi connectivity index (χ2n) is 4.76. The van der Waals surface area contributed by atoms with Gasteiger partial charge in [0.2, 0.25) is 0 Å². The van der Waals surface area contributed by atoms with Crippen LogP contribution in [-0.2, 0) is 0 Å². The fraction of sp³-hybridized carbons (Fsp3) is 0. The Bertz CT molecular complexity index is 1060. The number of carbonyl (C=O) groups is 2. The molecule has 120 valence electrons. The van der Waals surface area contributed by atoms with Gasteiger partial charge in [0.25, 0.3) is 17.4 Å². The molecule has 0 bridgehead atoms. The third kappa shape index (κ3) is 2.23. The molecule has 2 aromatic rings. The lowest BCUT2D eigenvalue weighted by molar-refractivity contribution is 0.0880. The van der Waals surface area contributed by atoms with Crippen molar-refractivity contribution in [2.45, 2.75) is 0 Å². The number of rotatable bonds is 1. The molecule has 0 unspecified atom stereocenters. The topological polar surface area (TPSA) is 118 Å². The number of amides is 2. The van der Waals surface area contributed by atoms with Crippen molar-refractivity contribution in [3.05, 3.63) is 53.0 Å². The molecule has 0 aliphatic carbocycles. The summed E-state index contributed by atoms with van der Waals surface area (Å²) in [5, 5.41) is 11.3. The van der Waals surface area contributed by atoms with Gasteiger partial charge in [-0.25, -0.2) is 4.39 Å². The quantitative estimate of drug-likeness (QED) is 0.349. The highest BCUT2D eigenvalue weighted by Crippen LogP contribution is 2.32. The number of nitrogens with one attached hydrogen (secondary N) is 1. The molecular weight excluding hydrogens is 498 g/mol. The van der Waals surface area contributed by atoms with E-state index in [0.29, 0.717) is 3.57 Å². The molecule has 2 heterocycles. The van der Waals surface area contributed by atoms with Crippen LogP contribution in [0.1, 0.15) is 26.3 Å². The maximum absolute atomic E-state index is 14.2. The standard InChI is InChI=1S/C14H5BrFIN4O3/c15-6-2-7(17)11(5(3-18)10(6)16)21-8(22)1-4-9(12(21)19)14(24)20-13(4)23/h1-2H,19H2,(H,20,23,24). The van der Waals surface area contributed by atoms with Crippen molar-refractivity contribution in [2.75, 3.05) is 5.73 Å². The van der Waals surface area contributed by atoms with Crippen molar-refractivity contribution in [3.8, 4) is 11.8 Å². The van der Waals surface area contributed by atoms with Crippen molar-refractivity contribution in [3.63, 3.8) is 0 Å². The van der Waals surface area contributed by atoms with E-state index in [1.54, 1.807) is 6.07 Å². The lowest BCUT2D eigenvalue weighted by Gasteiger charge is -2.15. The van der Waals surface area contributed by atoms with E-state index in [1.807, 2.05) is 27.9 Å². The number of benzene rings is 1. The minimum atomic E-state index is -0.861. The highest BCUT2D eigenvalue weighted by molar-refractivity contribution is 14.1. The van der Waals surface area contributed by atoms with Crippen molar-refractivity contribution < 1.29 is 14.0 Å². The molecule has 0 saturated heterocycles. The minimum absolute atomic E-state index is 0.0490. The number of hydrogen-bond donors (Lipinski definition) is 2. The monoisotopic (exact) mass is 502 g/mol. The van der Waals surface area contributed by atoms with E-state index in [-0.39, 0.29) is 27.1 Å². The predicted octanol–water partition coefficient (Wildman–Crippen LogP) is 1.68. The summed E-state index contributed by atoms with van der Waals surface area (Å²) in [6.07, 6.45) is 0. The van der Waals surface area contributed by atoms with Gasteiger partial charge in [0.1, 0.15) is 17.5 Å². The van der Waals surface area contributed by atoms with Gasteiger partial charge >= 0.3 is 0 Å². The van der Waals surface area contributed by atoms with E-state index in [9.17, 15) is 24.0 Å². The first-order valence-corrected chi connectivity index (χ1v) is 8.14. The zero-order valence-corrected chi connectivity index (χ0v) is 15.2. The van der Waals surface area contributed by atoms with Crippen LogP contribution < -0.4 is 16.6 Å². The smallest absolute Gasteiger partial charge is 0.262 e. The molecular formula is C14H5BrFIN4O3. The van der Waals surface area contributed by atoms with Crippen LogP contribution in [0.3, 0.4) is 0 Å². The lowest BCUT2D eigenvalue weighted by Crippen LogP contribution is -2.25.